The van der Waals surface area contributed by atoms with E-state index >= 15 is 0 Å². The van der Waals surface area contributed by atoms with Crippen LogP contribution in [0.15, 0.2) is 18.2 Å². The van der Waals surface area contributed by atoms with Crippen LogP contribution >= 0.6 is 0 Å². The van der Waals surface area contributed by atoms with Gasteiger partial charge in [-0.1, -0.05) is 23.8 Å². The summed E-state index contributed by atoms with van der Waals surface area (Å²) in [6.07, 6.45) is 1.32. The van der Waals surface area contributed by atoms with Gasteiger partial charge >= 0.3 is 5.97 Å². The Bertz CT molecular complexity index is 442. The highest BCUT2D eigenvalue weighted by atomic mass is 16.4. The van der Waals surface area contributed by atoms with Crippen LogP contribution in [0.25, 0.3) is 0 Å². The summed E-state index contributed by atoms with van der Waals surface area (Å²) in [7, 11) is 0. The molecule has 1 atom stereocenters. The van der Waals surface area contributed by atoms with Gasteiger partial charge in [0.15, 0.2) is 0 Å². The van der Waals surface area contributed by atoms with Crippen LogP contribution in [0.2, 0.25) is 0 Å². The monoisotopic (exact) mass is 247 g/mol. The molecule has 1 saturated heterocycles. The lowest BCUT2D eigenvalue weighted by molar-refractivity contribution is -0.138. The molecule has 1 aromatic rings. The van der Waals surface area contributed by atoms with E-state index in [9.17, 15) is 4.79 Å². The second-order valence-electron chi connectivity index (χ2n) is 5.42. The smallest absolute Gasteiger partial charge is 0.303 e. The quantitative estimate of drug-likeness (QED) is 0.889. The Morgan fingerprint density at radius 3 is 2.94 bits per heavy atom. The molecule has 1 unspecified atom stereocenters. The first-order valence-corrected chi connectivity index (χ1v) is 6.55. The van der Waals surface area contributed by atoms with Gasteiger partial charge in [-0.2, -0.15) is 0 Å². The third-order valence-electron chi connectivity index (χ3n) is 3.73. The number of nitrogens with zero attached hydrogens (tertiary/aromatic N) is 1. The zero-order chi connectivity index (χ0) is 13.1. The molecule has 98 valence electrons. The van der Waals surface area contributed by atoms with Crippen molar-refractivity contribution in [3.63, 3.8) is 0 Å². The molecule has 3 nitrogen and oxygen atoms in total. The normalized spacial score (nSPS) is 20.2. The second kappa shape index (κ2) is 5.53. The average molecular weight is 247 g/mol. The molecule has 0 radical (unpaired) electrons. The van der Waals surface area contributed by atoms with Crippen molar-refractivity contribution in [3.8, 4) is 0 Å². The van der Waals surface area contributed by atoms with E-state index < -0.39 is 5.97 Å². The standard InChI is InChI=1S/C15H21NO2/c1-11-3-4-12(2)14(7-11)10-16-6-5-13(9-16)8-15(17)18/h3-4,7,13H,5-6,8-10H2,1-2H3,(H,17,18). The van der Waals surface area contributed by atoms with Gasteiger partial charge in [-0.25, -0.2) is 0 Å². The molecule has 0 aliphatic carbocycles. The predicted octanol–water partition coefficient (Wildman–Crippen LogP) is 2.60. The number of benzene rings is 1. The van der Waals surface area contributed by atoms with E-state index in [1.165, 1.54) is 16.7 Å². The first-order chi connectivity index (χ1) is 8.54. The second-order valence-corrected chi connectivity index (χ2v) is 5.42. The predicted molar refractivity (Wildman–Crippen MR) is 71.6 cm³/mol. The van der Waals surface area contributed by atoms with Crippen LogP contribution in [0.3, 0.4) is 0 Å². The number of carbonyl (C=O) groups is 1. The molecule has 0 aromatic heterocycles. The van der Waals surface area contributed by atoms with Gasteiger partial charge in [-0.15, -0.1) is 0 Å². The van der Waals surface area contributed by atoms with E-state index in [1.807, 2.05) is 0 Å². The number of aryl methyl sites for hydroxylation is 2. The van der Waals surface area contributed by atoms with E-state index in [1.54, 1.807) is 0 Å². The summed E-state index contributed by atoms with van der Waals surface area (Å²) in [6, 6.07) is 6.53. The lowest BCUT2D eigenvalue weighted by atomic mass is 10.0. The number of hydrogen-bond acceptors (Lipinski definition) is 2. The Hall–Kier alpha value is -1.35. The molecule has 2 rings (SSSR count). The molecule has 0 saturated carbocycles. The van der Waals surface area contributed by atoms with E-state index in [4.69, 9.17) is 5.11 Å². The van der Waals surface area contributed by atoms with Crippen molar-refractivity contribution in [3.05, 3.63) is 34.9 Å². The minimum atomic E-state index is -0.673. The summed E-state index contributed by atoms with van der Waals surface area (Å²) in [5.74, 6) is -0.346. The fourth-order valence-electron chi connectivity index (χ4n) is 2.68. The number of aliphatic carboxylic acids is 1. The average Bonchev–Trinajstić information content (AvgIpc) is 2.70. The minimum Gasteiger partial charge on any atom is -0.481 e. The molecule has 1 aromatic carbocycles. The third kappa shape index (κ3) is 3.33. The molecule has 0 bridgehead atoms. The highest BCUT2D eigenvalue weighted by Gasteiger charge is 2.24. The van der Waals surface area contributed by atoms with E-state index in [-0.39, 0.29) is 0 Å². The zero-order valence-electron chi connectivity index (χ0n) is 11.1. The van der Waals surface area contributed by atoms with Crippen LogP contribution in [0.1, 0.15) is 29.5 Å². The zero-order valence-corrected chi connectivity index (χ0v) is 11.1. The van der Waals surface area contributed by atoms with Crippen molar-refractivity contribution in [2.75, 3.05) is 13.1 Å². The van der Waals surface area contributed by atoms with E-state index in [2.05, 4.69) is 36.9 Å². The lowest BCUT2D eigenvalue weighted by Crippen LogP contribution is -2.21. The van der Waals surface area contributed by atoms with E-state index in [0.717, 1.165) is 26.1 Å². The Morgan fingerprint density at radius 1 is 1.44 bits per heavy atom. The summed E-state index contributed by atoms with van der Waals surface area (Å²) in [5, 5.41) is 8.81. The van der Waals surface area contributed by atoms with Gasteiger partial charge in [0.1, 0.15) is 0 Å². The minimum absolute atomic E-state index is 0.309. The third-order valence-corrected chi connectivity index (χ3v) is 3.73. The molecule has 0 spiro atoms. The van der Waals surface area contributed by atoms with E-state index in [0.29, 0.717) is 12.3 Å². The SMILES string of the molecule is Cc1ccc(C)c(CN2CCC(CC(=O)O)C2)c1. The molecular weight excluding hydrogens is 226 g/mol. The van der Waals surface area contributed by atoms with Crippen molar-refractivity contribution in [1.29, 1.82) is 0 Å². The molecular formula is C15H21NO2. The first kappa shape index (κ1) is 13.1. The van der Waals surface area contributed by atoms with Crippen molar-refractivity contribution >= 4 is 5.97 Å². The Kier molecular flexibility index (Phi) is 4.02. The molecule has 1 aliphatic heterocycles. The Morgan fingerprint density at radius 2 is 2.22 bits per heavy atom. The number of hydrogen-bond donors (Lipinski definition) is 1. The highest BCUT2D eigenvalue weighted by molar-refractivity contribution is 5.67. The van der Waals surface area contributed by atoms with Gasteiger partial charge in [-0.05, 0) is 43.9 Å². The molecule has 1 aliphatic rings. The van der Waals surface area contributed by atoms with Crippen LogP contribution in [0.4, 0.5) is 0 Å². The Labute approximate surface area is 108 Å². The first-order valence-electron chi connectivity index (χ1n) is 6.55. The fraction of sp³-hybridized carbons (Fsp3) is 0.533. The topological polar surface area (TPSA) is 40.5 Å². The van der Waals surface area contributed by atoms with Crippen molar-refractivity contribution < 1.29 is 9.90 Å². The molecule has 1 heterocycles. The van der Waals surface area contributed by atoms with Gasteiger partial charge in [0.05, 0.1) is 0 Å². The van der Waals surface area contributed by atoms with Gasteiger partial charge in [0.2, 0.25) is 0 Å². The summed E-state index contributed by atoms with van der Waals surface area (Å²) in [6.45, 7) is 7.13. The summed E-state index contributed by atoms with van der Waals surface area (Å²) < 4.78 is 0. The summed E-state index contributed by atoms with van der Waals surface area (Å²) in [5.41, 5.74) is 3.98. The van der Waals surface area contributed by atoms with Crippen LogP contribution in [0.5, 0.6) is 0 Å². The van der Waals surface area contributed by atoms with Crippen molar-refractivity contribution in [2.24, 2.45) is 5.92 Å². The van der Waals surface area contributed by atoms with Crippen molar-refractivity contribution in [1.82, 2.24) is 4.90 Å². The van der Waals surface area contributed by atoms with Gasteiger partial charge in [0, 0.05) is 19.5 Å². The van der Waals surface area contributed by atoms with Crippen LogP contribution in [-0.4, -0.2) is 29.1 Å². The number of carboxylic acid groups (broad SMARTS) is 1. The largest absolute Gasteiger partial charge is 0.481 e. The van der Waals surface area contributed by atoms with Gasteiger partial charge in [0.25, 0.3) is 0 Å². The summed E-state index contributed by atoms with van der Waals surface area (Å²) in [4.78, 5) is 13.1. The van der Waals surface area contributed by atoms with Gasteiger partial charge in [-0.3, -0.25) is 9.69 Å². The maximum absolute atomic E-state index is 10.7. The molecule has 3 heteroatoms. The molecule has 1 fully saturated rings. The number of likely N-dealkylation sites (tertiary alicyclic amines) is 1. The highest BCUT2D eigenvalue weighted by Crippen LogP contribution is 2.22. The van der Waals surface area contributed by atoms with Crippen molar-refractivity contribution in [2.45, 2.75) is 33.2 Å². The molecule has 18 heavy (non-hydrogen) atoms. The molecule has 1 N–H and O–H groups in total. The molecule has 0 amide bonds. The Balaban J connectivity index is 1.95. The lowest BCUT2D eigenvalue weighted by Gasteiger charge is -2.17. The van der Waals surface area contributed by atoms with Gasteiger partial charge < -0.3 is 5.11 Å². The maximum atomic E-state index is 10.7. The number of rotatable bonds is 4. The van der Waals surface area contributed by atoms with Crippen LogP contribution in [0, 0.1) is 19.8 Å². The summed E-state index contributed by atoms with van der Waals surface area (Å²) >= 11 is 0. The van der Waals surface area contributed by atoms with Crippen LogP contribution < -0.4 is 0 Å². The maximum Gasteiger partial charge on any atom is 0.303 e. The fourth-order valence-corrected chi connectivity index (χ4v) is 2.68. The van der Waals surface area contributed by atoms with Crippen LogP contribution in [-0.2, 0) is 11.3 Å². The number of carboxylic acids is 1.